The lowest BCUT2D eigenvalue weighted by molar-refractivity contribution is 0.0309. The van der Waals surface area contributed by atoms with Crippen LogP contribution >= 0.6 is 15.9 Å². The second-order valence-electron chi connectivity index (χ2n) is 6.07. The monoisotopic (exact) mass is 354 g/mol. The summed E-state index contributed by atoms with van der Waals surface area (Å²) in [6, 6.07) is 7.21. The molecular weight excluding hydrogens is 332 g/mol. The molecule has 0 saturated carbocycles. The number of aliphatic hydroxyl groups excluding tert-OH is 2. The molecule has 1 aliphatic carbocycles. The van der Waals surface area contributed by atoms with Crippen LogP contribution in [0, 0.1) is 0 Å². The fourth-order valence-corrected chi connectivity index (χ4v) is 3.96. The number of aryl methyl sites for hydroxylation is 1. The third kappa shape index (κ3) is 3.48. The summed E-state index contributed by atoms with van der Waals surface area (Å²) < 4.78 is 1.17. The first-order valence-electron chi connectivity index (χ1n) is 7.71. The summed E-state index contributed by atoms with van der Waals surface area (Å²) in [6.45, 7) is 4.46. The Bertz CT molecular complexity index is 489. The van der Waals surface area contributed by atoms with E-state index in [-0.39, 0.29) is 6.61 Å². The molecule has 2 N–H and O–H groups in total. The zero-order valence-corrected chi connectivity index (χ0v) is 13.8. The molecular formula is C16H23BrN2O2. The van der Waals surface area contributed by atoms with E-state index in [1.807, 2.05) is 0 Å². The van der Waals surface area contributed by atoms with Gasteiger partial charge in [0.2, 0.25) is 0 Å². The third-order valence-electron chi connectivity index (χ3n) is 4.68. The average molecular weight is 355 g/mol. The number of piperazine rings is 1. The van der Waals surface area contributed by atoms with Gasteiger partial charge in [0.05, 0.1) is 12.7 Å². The van der Waals surface area contributed by atoms with Crippen molar-refractivity contribution in [2.75, 3.05) is 39.3 Å². The van der Waals surface area contributed by atoms with Gasteiger partial charge in [-0.05, 0) is 36.1 Å². The number of rotatable bonds is 4. The molecule has 1 fully saturated rings. The van der Waals surface area contributed by atoms with Gasteiger partial charge in [-0.1, -0.05) is 22.0 Å². The maximum Gasteiger partial charge on any atom is 0.0897 e. The number of hydrogen-bond acceptors (Lipinski definition) is 4. The predicted octanol–water partition coefficient (Wildman–Crippen LogP) is 1.41. The number of hydrogen-bond donors (Lipinski definition) is 2. The van der Waals surface area contributed by atoms with E-state index in [1.165, 1.54) is 28.4 Å². The third-order valence-corrected chi connectivity index (χ3v) is 5.17. The van der Waals surface area contributed by atoms with E-state index in [0.717, 1.165) is 26.2 Å². The molecule has 0 aromatic heterocycles. The van der Waals surface area contributed by atoms with Crippen LogP contribution in [0.2, 0.25) is 0 Å². The summed E-state index contributed by atoms with van der Waals surface area (Å²) in [5.41, 5.74) is 2.97. The summed E-state index contributed by atoms with van der Waals surface area (Å²) >= 11 is 3.55. The van der Waals surface area contributed by atoms with E-state index in [0.29, 0.717) is 12.6 Å². The maximum absolute atomic E-state index is 9.53. The minimum Gasteiger partial charge on any atom is -0.394 e. The number of aliphatic hydroxyl groups is 2. The zero-order valence-electron chi connectivity index (χ0n) is 12.2. The molecule has 0 unspecified atom stereocenters. The molecule has 1 saturated heterocycles. The highest BCUT2D eigenvalue weighted by atomic mass is 79.9. The van der Waals surface area contributed by atoms with Gasteiger partial charge in [0.1, 0.15) is 0 Å². The molecule has 4 nitrogen and oxygen atoms in total. The molecule has 2 aliphatic rings. The lowest BCUT2D eigenvalue weighted by Crippen LogP contribution is -2.49. The van der Waals surface area contributed by atoms with Crippen molar-refractivity contribution in [3.05, 3.63) is 33.8 Å². The molecule has 1 heterocycles. The molecule has 1 aliphatic heterocycles. The zero-order chi connectivity index (χ0) is 14.8. The van der Waals surface area contributed by atoms with Crippen molar-refractivity contribution in [1.82, 2.24) is 9.80 Å². The fourth-order valence-electron chi connectivity index (χ4n) is 3.56. The molecule has 21 heavy (non-hydrogen) atoms. The molecule has 2 atom stereocenters. The fraction of sp³-hybridized carbons (Fsp3) is 0.625. The van der Waals surface area contributed by atoms with Gasteiger partial charge in [-0.15, -0.1) is 0 Å². The van der Waals surface area contributed by atoms with E-state index >= 15 is 0 Å². The van der Waals surface area contributed by atoms with E-state index in [4.69, 9.17) is 5.11 Å². The van der Waals surface area contributed by atoms with Crippen LogP contribution in [0.15, 0.2) is 22.7 Å². The van der Waals surface area contributed by atoms with Crippen molar-refractivity contribution in [2.45, 2.75) is 25.0 Å². The van der Waals surface area contributed by atoms with Crippen LogP contribution in [-0.4, -0.2) is 65.4 Å². The van der Waals surface area contributed by atoms with Crippen molar-refractivity contribution in [1.29, 1.82) is 0 Å². The normalized spacial score (nSPS) is 25.0. The number of nitrogens with zero attached hydrogens (tertiary/aromatic N) is 2. The molecule has 3 rings (SSSR count). The average Bonchev–Trinajstić information content (AvgIpc) is 2.90. The second-order valence-corrected chi connectivity index (χ2v) is 6.99. The summed E-state index contributed by atoms with van der Waals surface area (Å²) in [5.74, 6) is 0. The molecule has 0 spiro atoms. The molecule has 1 aromatic carbocycles. The molecule has 1 aromatic rings. The number of benzene rings is 1. The number of fused-ring (bicyclic) bond motifs is 1. The Balaban J connectivity index is 1.59. The summed E-state index contributed by atoms with van der Waals surface area (Å²) in [4.78, 5) is 4.82. The van der Waals surface area contributed by atoms with Crippen LogP contribution in [0.3, 0.4) is 0 Å². The Labute approximate surface area is 134 Å². The molecule has 5 heteroatoms. The molecule has 0 bridgehead atoms. The van der Waals surface area contributed by atoms with E-state index < -0.39 is 6.10 Å². The van der Waals surface area contributed by atoms with Gasteiger partial charge in [0.25, 0.3) is 0 Å². The van der Waals surface area contributed by atoms with Gasteiger partial charge >= 0.3 is 0 Å². The van der Waals surface area contributed by atoms with Gasteiger partial charge in [-0.3, -0.25) is 9.80 Å². The maximum atomic E-state index is 9.53. The summed E-state index contributed by atoms with van der Waals surface area (Å²) in [5, 5.41) is 18.5. The summed E-state index contributed by atoms with van der Waals surface area (Å²) in [7, 11) is 0. The van der Waals surface area contributed by atoms with Crippen molar-refractivity contribution in [3.63, 3.8) is 0 Å². The summed E-state index contributed by atoms with van der Waals surface area (Å²) in [6.07, 6.45) is 1.77. The smallest absolute Gasteiger partial charge is 0.0897 e. The second kappa shape index (κ2) is 6.75. The van der Waals surface area contributed by atoms with E-state index in [1.54, 1.807) is 0 Å². The van der Waals surface area contributed by atoms with Crippen molar-refractivity contribution in [3.8, 4) is 0 Å². The van der Waals surface area contributed by atoms with Gasteiger partial charge in [-0.2, -0.15) is 0 Å². The highest BCUT2D eigenvalue weighted by Crippen LogP contribution is 2.37. The van der Waals surface area contributed by atoms with Crippen molar-refractivity contribution in [2.24, 2.45) is 0 Å². The number of β-amino-alcohol motifs (C(OH)–C–C–N with tert-alkyl or cyclic N) is 1. The first kappa shape index (κ1) is 15.4. The van der Waals surface area contributed by atoms with E-state index in [2.05, 4.69) is 43.9 Å². The van der Waals surface area contributed by atoms with Gasteiger partial charge < -0.3 is 10.2 Å². The highest BCUT2D eigenvalue weighted by Gasteiger charge is 2.30. The Morgan fingerprint density at radius 3 is 2.71 bits per heavy atom. The number of halogens is 1. The Hall–Kier alpha value is -0.460. The van der Waals surface area contributed by atoms with E-state index in [9.17, 15) is 5.11 Å². The quantitative estimate of drug-likeness (QED) is 0.858. The van der Waals surface area contributed by atoms with Crippen molar-refractivity contribution >= 4 is 15.9 Å². The minimum absolute atomic E-state index is 0.148. The Kier molecular flexibility index (Phi) is 4.96. The minimum atomic E-state index is -0.610. The largest absolute Gasteiger partial charge is 0.394 e. The molecule has 0 radical (unpaired) electrons. The predicted molar refractivity (Wildman–Crippen MR) is 86.3 cm³/mol. The van der Waals surface area contributed by atoms with Gasteiger partial charge in [0, 0.05) is 43.2 Å². The van der Waals surface area contributed by atoms with Crippen LogP contribution in [-0.2, 0) is 6.42 Å². The van der Waals surface area contributed by atoms with Crippen LogP contribution in [0.5, 0.6) is 0 Å². The lowest BCUT2D eigenvalue weighted by atomic mass is 10.1. The van der Waals surface area contributed by atoms with Crippen molar-refractivity contribution < 1.29 is 10.2 Å². The Morgan fingerprint density at radius 2 is 2.00 bits per heavy atom. The lowest BCUT2D eigenvalue weighted by Gasteiger charge is -2.38. The van der Waals surface area contributed by atoms with Gasteiger partial charge in [-0.25, -0.2) is 0 Å². The first-order chi connectivity index (χ1) is 10.2. The van der Waals surface area contributed by atoms with Crippen LogP contribution < -0.4 is 0 Å². The Morgan fingerprint density at radius 1 is 1.24 bits per heavy atom. The van der Waals surface area contributed by atoms with Crippen LogP contribution in [0.25, 0.3) is 0 Å². The van der Waals surface area contributed by atoms with Crippen LogP contribution in [0.4, 0.5) is 0 Å². The highest BCUT2D eigenvalue weighted by molar-refractivity contribution is 9.10. The van der Waals surface area contributed by atoms with Crippen LogP contribution in [0.1, 0.15) is 23.6 Å². The first-order valence-corrected chi connectivity index (χ1v) is 8.50. The molecule has 0 amide bonds. The topological polar surface area (TPSA) is 46.9 Å². The standard InChI is InChI=1S/C16H23BrN2O2/c17-13-2-3-15-12(9-13)1-4-16(15)19-7-5-18(6-8-19)10-14(21)11-20/h2-3,9,14,16,20-21H,1,4-8,10-11H2/t14-,16-/m0/s1. The SMILES string of the molecule is OC[C@@H](O)CN1CCN([C@H]2CCc3cc(Br)ccc32)CC1. The molecule has 116 valence electrons. The van der Waals surface area contributed by atoms with Gasteiger partial charge in [0.15, 0.2) is 0 Å².